The summed E-state index contributed by atoms with van der Waals surface area (Å²) >= 11 is 0. The Morgan fingerprint density at radius 2 is 2.28 bits per heavy atom. The van der Waals surface area contributed by atoms with E-state index >= 15 is 0 Å². The zero-order valence-corrected chi connectivity index (χ0v) is 10.4. The largest absolute Gasteiger partial charge is 0.376 e. The lowest BCUT2D eigenvalue weighted by Gasteiger charge is -2.14. The molecule has 0 saturated carbocycles. The highest BCUT2D eigenvalue weighted by atomic mass is 16.5. The van der Waals surface area contributed by atoms with Gasteiger partial charge in [-0.05, 0) is 31.9 Å². The number of para-hydroxylation sites is 1. The monoisotopic (exact) mass is 244 g/mol. The molecule has 0 radical (unpaired) electrons. The number of ether oxygens (including phenoxy) is 1. The van der Waals surface area contributed by atoms with Crippen molar-refractivity contribution >= 4 is 10.9 Å². The molecule has 0 aliphatic carbocycles. The second-order valence-electron chi connectivity index (χ2n) is 4.73. The molecule has 1 aliphatic heterocycles. The highest BCUT2D eigenvalue weighted by Gasteiger charge is 2.18. The van der Waals surface area contributed by atoms with Crippen molar-refractivity contribution in [2.45, 2.75) is 32.4 Å². The molecule has 0 N–H and O–H groups in total. The van der Waals surface area contributed by atoms with Gasteiger partial charge in [0.2, 0.25) is 0 Å². The molecule has 2 heterocycles. The predicted octanol–water partition coefficient (Wildman–Crippen LogP) is 1.88. The van der Waals surface area contributed by atoms with Gasteiger partial charge in [-0.1, -0.05) is 12.1 Å². The van der Waals surface area contributed by atoms with Crippen molar-refractivity contribution in [3.05, 3.63) is 40.4 Å². The van der Waals surface area contributed by atoms with Crippen molar-refractivity contribution in [2.24, 2.45) is 0 Å². The van der Waals surface area contributed by atoms with Crippen LogP contribution in [0.5, 0.6) is 0 Å². The third-order valence-corrected chi connectivity index (χ3v) is 3.46. The van der Waals surface area contributed by atoms with Gasteiger partial charge in [0.25, 0.3) is 5.56 Å². The Morgan fingerprint density at radius 3 is 3.06 bits per heavy atom. The van der Waals surface area contributed by atoms with Crippen LogP contribution in [0.2, 0.25) is 0 Å². The summed E-state index contributed by atoms with van der Waals surface area (Å²) in [5, 5.41) is 0.682. The number of aryl methyl sites for hydroxylation is 1. The maximum absolute atomic E-state index is 12.4. The molecule has 0 amide bonds. The molecule has 1 atom stereocenters. The Labute approximate surface area is 105 Å². The molecule has 1 saturated heterocycles. The lowest BCUT2D eigenvalue weighted by molar-refractivity contribution is 0.0955. The van der Waals surface area contributed by atoms with E-state index in [0.717, 1.165) is 30.8 Å². The minimum absolute atomic E-state index is 0.0357. The normalized spacial score (nSPS) is 19.5. The van der Waals surface area contributed by atoms with Crippen LogP contribution in [0.1, 0.15) is 18.7 Å². The Balaban J connectivity index is 2.07. The molecule has 4 heteroatoms. The minimum atomic E-state index is 0.0357. The van der Waals surface area contributed by atoms with Gasteiger partial charge in [-0.25, -0.2) is 4.98 Å². The molecule has 1 aromatic carbocycles. The molecule has 0 spiro atoms. The molecular formula is C14H16N2O2. The van der Waals surface area contributed by atoms with Gasteiger partial charge in [-0.2, -0.15) is 0 Å². The van der Waals surface area contributed by atoms with E-state index in [-0.39, 0.29) is 11.7 Å². The van der Waals surface area contributed by atoms with E-state index in [4.69, 9.17) is 4.74 Å². The summed E-state index contributed by atoms with van der Waals surface area (Å²) in [4.78, 5) is 16.9. The first kappa shape index (κ1) is 11.4. The van der Waals surface area contributed by atoms with Gasteiger partial charge < -0.3 is 4.74 Å². The smallest absolute Gasteiger partial charge is 0.261 e. The average molecular weight is 244 g/mol. The summed E-state index contributed by atoms with van der Waals surface area (Å²) in [5.41, 5.74) is 0.803. The van der Waals surface area contributed by atoms with Crippen LogP contribution < -0.4 is 5.56 Å². The van der Waals surface area contributed by atoms with Crippen molar-refractivity contribution in [3.8, 4) is 0 Å². The lowest BCUT2D eigenvalue weighted by atomic mass is 10.2. The van der Waals surface area contributed by atoms with Crippen molar-refractivity contribution in [1.29, 1.82) is 0 Å². The van der Waals surface area contributed by atoms with Crippen molar-refractivity contribution < 1.29 is 4.74 Å². The summed E-state index contributed by atoms with van der Waals surface area (Å²) < 4.78 is 7.33. The van der Waals surface area contributed by atoms with Gasteiger partial charge >= 0.3 is 0 Å². The number of aromatic nitrogens is 2. The zero-order valence-electron chi connectivity index (χ0n) is 10.4. The van der Waals surface area contributed by atoms with E-state index in [1.807, 2.05) is 31.2 Å². The molecule has 1 unspecified atom stereocenters. The first-order chi connectivity index (χ1) is 8.75. The highest BCUT2D eigenvalue weighted by Crippen LogP contribution is 2.15. The number of rotatable bonds is 2. The lowest BCUT2D eigenvalue weighted by Crippen LogP contribution is -2.29. The number of hydrogen-bond donors (Lipinski definition) is 0. The summed E-state index contributed by atoms with van der Waals surface area (Å²) in [6.07, 6.45) is 2.27. The van der Waals surface area contributed by atoms with E-state index in [2.05, 4.69) is 4.98 Å². The number of nitrogens with zero attached hydrogens (tertiary/aromatic N) is 2. The zero-order chi connectivity index (χ0) is 12.5. The molecule has 4 nitrogen and oxygen atoms in total. The first-order valence-corrected chi connectivity index (χ1v) is 6.33. The molecule has 0 bridgehead atoms. The Kier molecular flexibility index (Phi) is 2.88. The van der Waals surface area contributed by atoms with Crippen LogP contribution in [0.15, 0.2) is 29.1 Å². The van der Waals surface area contributed by atoms with Crippen LogP contribution >= 0.6 is 0 Å². The summed E-state index contributed by atoms with van der Waals surface area (Å²) in [5.74, 6) is 0.759. The maximum Gasteiger partial charge on any atom is 0.261 e. The van der Waals surface area contributed by atoms with Crippen LogP contribution in [0.4, 0.5) is 0 Å². The van der Waals surface area contributed by atoms with Crippen molar-refractivity contribution in [3.63, 3.8) is 0 Å². The van der Waals surface area contributed by atoms with Crippen LogP contribution in [0.25, 0.3) is 10.9 Å². The molecule has 2 aromatic rings. The minimum Gasteiger partial charge on any atom is -0.376 e. The third-order valence-electron chi connectivity index (χ3n) is 3.46. The SMILES string of the molecule is Cc1nc2ccccc2c(=O)n1CC1CCCO1. The third kappa shape index (κ3) is 1.93. The second kappa shape index (κ2) is 4.53. The molecule has 18 heavy (non-hydrogen) atoms. The quantitative estimate of drug-likeness (QED) is 0.810. The summed E-state index contributed by atoms with van der Waals surface area (Å²) in [6, 6.07) is 7.48. The molecule has 1 fully saturated rings. The Bertz CT molecular complexity index is 627. The Hall–Kier alpha value is -1.68. The topological polar surface area (TPSA) is 44.1 Å². The molecule has 1 aliphatic rings. The Morgan fingerprint density at radius 1 is 1.44 bits per heavy atom. The van der Waals surface area contributed by atoms with Crippen LogP contribution in [0, 0.1) is 6.92 Å². The number of hydrogen-bond acceptors (Lipinski definition) is 3. The van der Waals surface area contributed by atoms with E-state index in [0.29, 0.717) is 11.9 Å². The van der Waals surface area contributed by atoms with Crippen molar-refractivity contribution in [2.75, 3.05) is 6.61 Å². The number of fused-ring (bicyclic) bond motifs is 1. The van der Waals surface area contributed by atoms with Gasteiger partial charge in [0.15, 0.2) is 0 Å². The predicted molar refractivity (Wildman–Crippen MR) is 69.7 cm³/mol. The van der Waals surface area contributed by atoms with Gasteiger partial charge in [0.05, 0.1) is 23.6 Å². The van der Waals surface area contributed by atoms with Gasteiger partial charge in [-0.15, -0.1) is 0 Å². The molecule has 3 rings (SSSR count). The molecule has 94 valence electrons. The van der Waals surface area contributed by atoms with Gasteiger partial charge in [0.1, 0.15) is 5.82 Å². The number of benzene rings is 1. The second-order valence-corrected chi connectivity index (χ2v) is 4.73. The van der Waals surface area contributed by atoms with Crippen molar-refractivity contribution in [1.82, 2.24) is 9.55 Å². The average Bonchev–Trinajstić information content (AvgIpc) is 2.87. The highest BCUT2D eigenvalue weighted by molar-refractivity contribution is 5.77. The van der Waals surface area contributed by atoms with Gasteiger partial charge in [0, 0.05) is 6.61 Å². The van der Waals surface area contributed by atoms with E-state index in [9.17, 15) is 4.79 Å². The van der Waals surface area contributed by atoms with Gasteiger partial charge in [-0.3, -0.25) is 9.36 Å². The van der Waals surface area contributed by atoms with Crippen LogP contribution in [0.3, 0.4) is 0 Å². The molecule has 1 aromatic heterocycles. The van der Waals surface area contributed by atoms with Crippen LogP contribution in [-0.4, -0.2) is 22.3 Å². The fraction of sp³-hybridized carbons (Fsp3) is 0.429. The van der Waals surface area contributed by atoms with Crippen LogP contribution in [-0.2, 0) is 11.3 Å². The van der Waals surface area contributed by atoms with E-state index in [1.54, 1.807) is 4.57 Å². The first-order valence-electron chi connectivity index (χ1n) is 6.33. The molecular weight excluding hydrogens is 228 g/mol. The summed E-state index contributed by atoms with van der Waals surface area (Å²) in [7, 11) is 0. The standard InChI is InChI=1S/C14H16N2O2/c1-10-15-13-7-3-2-6-12(13)14(17)16(10)9-11-5-4-8-18-11/h2-3,6-7,11H,4-5,8-9H2,1H3. The van der Waals surface area contributed by atoms with E-state index < -0.39 is 0 Å². The summed E-state index contributed by atoms with van der Waals surface area (Å²) in [6.45, 7) is 3.30. The fourth-order valence-corrected chi connectivity index (χ4v) is 2.49. The fourth-order valence-electron chi connectivity index (χ4n) is 2.49. The maximum atomic E-state index is 12.4. The van der Waals surface area contributed by atoms with E-state index in [1.165, 1.54) is 0 Å².